The van der Waals surface area contributed by atoms with E-state index < -0.39 is 0 Å². The summed E-state index contributed by atoms with van der Waals surface area (Å²) in [5.41, 5.74) is 5.87. The van der Waals surface area contributed by atoms with E-state index in [0.29, 0.717) is 6.04 Å². The number of amides is 1. The topological polar surface area (TPSA) is 55.1 Å². The molecule has 0 spiro atoms. The molecule has 0 aliphatic heterocycles. The van der Waals surface area contributed by atoms with Crippen LogP contribution in [0.15, 0.2) is 0 Å². The van der Waals surface area contributed by atoms with Gasteiger partial charge in [0.1, 0.15) is 0 Å². The normalized spacial score (nSPS) is 38.6. The molecule has 3 saturated carbocycles. The largest absolute Gasteiger partial charge is 0.353 e. The quantitative estimate of drug-likeness (QED) is 0.838. The first-order valence-corrected chi connectivity index (χ1v) is 7.80. The maximum atomic E-state index is 12.1. The highest BCUT2D eigenvalue weighted by Gasteiger charge is 2.44. The number of hydrogen-bond donors (Lipinski definition) is 2. The van der Waals surface area contributed by atoms with Crippen LogP contribution in [0, 0.1) is 17.8 Å². The van der Waals surface area contributed by atoms with Crippen molar-refractivity contribution in [3.05, 3.63) is 0 Å². The van der Waals surface area contributed by atoms with Gasteiger partial charge in [-0.1, -0.05) is 32.1 Å². The molecule has 3 aliphatic rings. The van der Waals surface area contributed by atoms with Crippen LogP contribution in [0.25, 0.3) is 0 Å². The number of halogens is 1. The van der Waals surface area contributed by atoms with Crippen molar-refractivity contribution in [2.45, 2.75) is 69.9 Å². The SMILES string of the molecule is Cl.NC1CCC(C(=O)NC2CC2C2CCCCC2)C1. The highest BCUT2D eigenvalue weighted by molar-refractivity contribution is 5.85. The van der Waals surface area contributed by atoms with Crippen molar-refractivity contribution in [1.29, 1.82) is 0 Å². The highest BCUT2D eigenvalue weighted by Crippen LogP contribution is 2.44. The van der Waals surface area contributed by atoms with Crippen molar-refractivity contribution in [1.82, 2.24) is 5.32 Å². The van der Waals surface area contributed by atoms with Gasteiger partial charge in [-0.3, -0.25) is 4.79 Å². The molecule has 1 amide bonds. The molecule has 4 heteroatoms. The van der Waals surface area contributed by atoms with Gasteiger partial charge in [0.15, 0.2) is 0 Å². The summed E-state index contributed by atoms with van der Waals surface area (Å²) in [6, 6.07) is 0.756. The Morgan fingerprint density at radius 1 is 1.00 bits per heavy atom. The molecule has 110 valence electrons. The van der Waals surface area contributed by atoms with Gasteiger partial charge < -0.3 is 11.1 Å². The van der Waals surface area contributed by atoms with Crippen molar-refractivity contribution in [3.8, 4) is 0 Å². The molecule has 0 radical (unpaired) electrons. The summed E-state index contributed by atoms with van der Waals surface area (Å²) in [6.45, 7) is 0. The number of hydrogen-bond acceptors (Lipinski definition) is 2. The average Bonchev–Trinajstić information content (AvgIpc) is 3.01. The second-order valence-electron chi connectivity index (χ2n) is 6.68. The smallest absolute Gasteiger partial charge is 0.223 e. The van der Waals surface area contributed by atoms with Crippen LogP contribution < -0.4 is 11.1 Å². The lowest BCUT2D eigenvalue weighted by Crippen LogP contribution is -2.33. The Morgan fingerprint density at radius 2 is 1.74 bits per heavy atom. The first-order valence-electron chi connectivity index (χ1n) is 7.80. The predicted octanol–water partition coefficient (Wildman–Crippen LogP) is 2.62. The monoisotopic (exact) mass is 286 g/mol. The van der Waals surface area contributed by atoms with Crippen LogP contribution in [-0.4, -0.2) is 18.0 Å². The van der Waals surface area contributed by atoms with E-state index in [1.807, 2.05) is 0 Å². The highest BCUT2D eigenvalue weighted by atomic mass is 35.5. The molecule has 19 heavy (non-hydrogen) atoms. The minimum atomic E-state index is 0. The number of nitrogens with two attached hydrogens (primary N) is 1. The van der Waals surface area contributed by atoms with Crippen molar-refractivity contribution in [2.75, 3.05) is 0 Å². The minimum Gasteiger partial charge on any atom is -0.353 e. The fourth-order valence-electron chi connectivity index (χ4n) is 4.02. The van der Waals surface area contributed by atoms with Crippen molar-refractivity contribution in [2.24, 2.45) is 23.5 Å². The van der Waals surface area contributed by atoms with Gasteiger partial charge in [-0.15, -0.1) is 12.4 Å². The number of rotatable bonds is 3. The summed E-state index contributed by atoms with van der Waals surface area (Å²) in [7, 11) is 0. The summed E-state index contributed by atoms with van der Waals surface area (Å²) in [5.74, 6) is 2.18. The molecule has 0 bridgehead atoms. The Bertz CT molecular complexity index is 317. The zero-order chi connectivity index (χ0) is 12.5. The van der Waals surface area contributed by atoms with Crippen LogP contribution in [0.2, 0.25) is 0 Å². The molecular weight excluding hydrogens is 260 g/mol. The van der Waals surface area contributed by atoms with E-state index in [-0.39, 0.29) is 30.3 Å². The standard InChI is InChI=1S/C15H26N2O.ClH/c16-12-7-6-11(8-12)15(18)17-14-9-13(14)10-4-2-1-3-5-10;/h10-14H,1-9,16H2,(H,17,18);1H. The van der Waals surface area contributed by atoms with Gasteiger partial charge in [0.2, 0.25) is 5.91 Å². The summed E-state index contributed by atoms with van der Waals surface area (Å²) in [6.07, 6.45) is 11.2. The molecule has 4 atom stereocenters. The second-order valence-corrected chi connectivity index (χ2v) is 6.68. The Morgan fingerprint density at radius 3 is 2.37 bits per heavy atom. The third-order valence-electron chi connectivity index (χ3n) is 5.27. The molecule has 4 unspecified atom stereocenters. The fourth-order valence-corrected chi connectivity index (χ4v) is 4.02. The van der Waals surface area contributed by atoms with Crippen molar-refractivity contribution < 1.29 is 4.79 Å². The third-order valence-corrected chi connectivity index (χ3v) is 5.27. The van der Waals surface area contributed by atoms with Gasteiger partial charge in [0.25, 0.3) is 0 Å². The molecular formula is C15H27ClN2O. The van der Waals surface area contributed by atoms with E-state index in [2.05, 4.69) is 5.32 Å². The van der Waals surface area contributed by atoms with Crippen molar-refractivity contribution >= 4 is 18.3 Å². The Labute approximate surface area is 122 Å². The van der Waals surface area contributed by atoms with E-state index >= 15 is 0 Å². The minimum absolute atomic E-state index is 0. The van der Waals surface area contributed by atoms with E-state index in [4.69, 9.17) is 5.73 Å². The predicted molar refractivity (Wildman–Crippen MR) is 79.2 cm³/mol. The fraction of sp³-hybridized carbons (Fsp3) is 0.933. The van der Waals surface area contributed by atoms with E-state index in [1.165, 1.54) is 38.5 Å². The lowest BCUT2D eigenvalue weighted by molar-refractivity contribution is -0.125. The molecule has 3 N–H and O–H groups in total. The second kappa shape index (κ2) is 6.45. The molecule has 0 saturated heterocycles. The third kappa shape index (κ3) is 3.63. The van der Waals surface area contributed by atoms with Gasteiger partial charge in [0.05, 0.1) is 0 Å². The Hall–Kier alpha value is -0.280. The van der Waals surface area contributed by atoms with Crippen LogP contribution >= 0.6 is 12.4 Å². The summed E-state index contributed by atoms with van der Waals surface area (Å²) in [4.78, 5) is 12.1. The lowest BCUT2D eigenvalue weighted by atomic mass is 9.85. The molecule has 3 rings (SSSR count). The lowest BCUT2D eigenvalue weighted by Gasteiger charge is -2.22. The molecule has 0 aromatic heterocycles. The number of nitrogens with one attached hydrogen (secondary N) is 1. The maximum Gasteiger partial charge on any atom is 0.223 e. The molecule has 0 aromatic carbocycles. The van der Waals surface area contributed by atoms with Crippen molar-refractivity contribution in [3.63, 3.8) is 0 Å². The average molecular weight is 287 g/mol. The van der Waals surface area contributed by atoms with E-state index in [0.717, 1.165) is 31.1 Å². The molecule has 3 nitrogen and oxygen atoms in total. The molecule has 3 fully saturated rings. The summed E-state index contributed by atoms with van der Waals surface area (Å²) < 4.78 is 0. The zero-order valence-electron chi connectivity index (χ0n) is 11.6. The maximum absolute atomic E-state index is 12.1. The number of carbonyl (C=O) groups excluding carboxylic acids is 1. The Kier molecular flexibility index (Phi) is 5.13. The van der Waals surface area contributed by atoms with Crippen LogP contribution in [0.1, 0.15) is 57.8 Å². The van der Waals surface area contributed by atoms with Gasteiger partial charge in [-0.2, -0.15) is 0 Å². The van der Waals surface area contributed by atoms with Gasteiger partial charge in [-0.25, -0.2) is 0 Å². The van der Waals surface area contributed by atoms with Crippen LogP contribution in [0.3, 0.4) is 0 Å². The van der Waals surface area contributed by atoms with Gasteiger partial charge in [-0.05, 0) is 37.5 Å². The van der Waals surface area contributed by atoms with Gasteiger partial charge in [0, 0.05) is 18.0 Å². The van der Waals surface area contributed by atoms with E-state index in [9.17, 15) is 4.79 Å². The number of carbonyl (C=O) groups is 1. The van der Waals surface area contributed by atoms with Crippen LogP contribution in [-0.2, 0) is 4.79 Å². The molecule has 3 aliphatic carbocycles. The van der Waals surface area contributed by atoms with Crippen LogP contribution in [0.5, 0.6) is 0 Å². The Balaban J connectivity index is 0.00000133. The van der Waals surface area contributed by atoms with Crippen LogP contribution in [0.4, 0.5) is 0 Å². The van der Waals surface area contributed by atoms with E-state index in [1.54, 1.807) is 0 Å². The summed E-state index contributed by atoms with van der Waals surface area (Å²) in [5, 5.41) is 3.27. The first kappa shape index (κ1) is 15.1. The summed E-state index contributed by atoms with van der Waals surface area (Å²) >= 11 is 0. The first-order chi connectivity index (χ1) is 8.74. The van der Waals surface area contributed by atoms with Gasteiger partial charge >= 0.3 is 0 Å². The molecule has 0 heterocycles. The molecule has 0 aromatic rings. The zero-order valence-corrected chi connectivity index (χ0v) is 12.5.